The molecule has 0 saturated carbocycles. The predicted octanol–water partition coefficient (Wildman–Crippen LogP) is 1.97. The zero-order chi connectivity index (χ0) is 24.4. The van der Waals surface area contributed by atoms with E-state index in [0.717, 1.165) is 0 Å². The summed E-state index contributed by atoms with van der Waals surface area (Å²) < 4.78 is 49.6. The van der Waals surface area contributed by atoms with Crippen LogP contribution < -0.4 is 5.32 Å². The van der Waals surface area contributed by atoms with E-state index < -0.39 is 44.2 Å². The van der Waals surface area contributed by atoms with E-state index >= 15 is 0 Å². The average Bonchev–Trinajstić information content (AvgIpc) is 3.31. The molecule has 1 unspecified atom stereocenters. The van der Waals surface area contributed by atoms with Crippen molar-refractivity contribution in [3.63, 3.8) is 0 Å². The third-order valence-corrected chi connectivity index (χ3v) is 7.05. The van der Waals surface area contributed by atoms with Crippen LogP contribution in [0.5, 0.6) is 0 Å². The SMILES string of the molecule is [3H][C@H]1C[C@H](OC(=O)CCC(=O)NC)[C@@H](COP(=S)(OCC[N+]#[C-])O[C@H]2C[C@H]([3H])O[C@@H]2CC)O1. The molecule has 1 N–H and O–H groups in total. The maximum Gasteiger partial charge on any atom is 0.327 e. The van der Waals surface area contributed by atoms with E-state index in [9.17, 15) is 9.59 Å². The van der Waals surface area contributed by atoms with E-state index in [-0.39, 0.29) is 51.0 Å². The van der Waals surface area contributed by atoms with Gasteiger partial charge in [0.2, 0.25) is 12.5 Å². The van der Waals surface area contributed by atoms with Gasteiger partial charge in [-0.2, -0.15) is 0 Å². The van der Waals surface area contributed by atoms with Crippen molar-refractivity contribution in [3.05, 3.63) is 11.4 Å². The summed E-state index contributed by atoms with van der Waals surface area (Å²) in [7, 11) is 1.48. The predicted molar refractivity (Wildman–Crippen MR) is 115 cm³/mol. The van der Waals surface area contributed by atoms with E-state index in [1.165, 1.54) is 7.05 Å². The highest BCUT2D eigenvalue weighted by Gasteiger charge is 2.38. The molecular formula is C19H31N2O8PS. The molecule has 10 nitrogen and oxygen atoms in total. The Bertz CT molecular complexity index is 758. The highest BCUT2D eigenvalue weighted by atomic mass is 32.5. The molecule has 0 aromatic rings. The molecule has 2 heterocycles. The van der Waals surface area contributed by atoms with Gasteiger partial charge in [0.15, 0.2) is 0 Å². The fraction of sp³-hybridized carbons (Fsp3) is 0.842. The minimum absolute atomic E-state index is 0.00301. The Hall–Kier alpha value is -1.12. The molecule has 0 bridgehead atoms. The van der Waals surface area contributed by atoms with Crippen LogP contribution in [0.25, 0.3) is 4.85 Å². The lowest BCUT2D eigenvalue weighted by molar-refractivity contribution is -0.153. The minimum Gasteiger partial charge on any atom is -0.459 e. The Morgan fingerprint density at radius 3 is 2.61 bits per heavy atom. The number of nitrogens with zero attached hydrogens (tertiary/aromatic N) is 1. The third-order valence-electron chi connectivity index (χ3n) is 4.66. The van der Waals surface area contributed by atoms with Crippen LogP contribution in [-0.4, -0.2) is 76.3 Å². The molecule has 2 rings (SSSR count). The van der Waals surface area contributed by atoms with Crippen LogP contribution in [0.1, 0.15) is 41.8 Å². The van der Waals surface area contributed by atoms with Crippen molar-refractivity contribution in [2.45, 2.75) is 63.4 Å². The van der Waals surface area contributed by atoms with Crippen LogP contribution in [0, 0.1) is 6.57 Å². The lowest BCUT2D eigenvalue weighted by Gasteiger charge is -2.28. The first-order valence-electron chi connectivity index (χ1n) is 11.3. The van der Waals surface area contributed by atoms with Gasteiger partial charge < -0.3 is 37.9 Å². The van der Waals surface area contributed by atoms with Gasteiger partial charge in [0.05, 0.1) is 34.6 Å². The zero-order valence-corrected chi connectivity index (χ0v) is 19.4. The maximum atomic E-state index is 12.1. The molecule has 0 aromatic heterocycles. The van der Waals surface area contributed by atoms with Crippen LogP contribution in [0.3, 0.4) is 0 Å². The van der Waals surface area contributed by atoms with Crippen molar-refractivity contribution in [3.8, 4) is 0 Å². The first-order valence-corrected chi connectivity index (χ1v) is 12.7. The van der Waals surface area contributed by atoms with E-state index in [0.29, 0.717) is 12.8 Å². The van der Waals surface area contributed by atoms with E-state index in [1.807, 2.05) is 6.92 Å². The van der Waals surface area contributed by atoms with E-state index in [4.69, 9.17) is 48.9 Å². The lowest BCUT2D eigenvalue weighted by Crippen LogP contribution is -2.32. The molecule has 2 saturated heterocycles. The summed E-state index contributed by atoms with van der Waals surface area (Å²) in [4.78, 5) is 26.7. The van der Waals surface area contributed by atoms with E-state index in [2.05, 4.69) is 10.2 Å². The number of carbonyl (C=O) groups is 2. The molecule has 2 fully saturated rings. The number of ether oxygens (including phenoxy) is 3. The lowest BCUT2D eigenvalue weighted by atomic mass is 10.1. The van der Waals surface area contributed by atoms with Crippen molar-refractivity contribution in [2.24, 2.45) is 0 Å². The van der Waals surface area contributed by atoms with Gasteiger partial charge in [0.25, 0.3) is 0 Å². The number of esters is 1. The van der Waals surface area contributed by atoms with Crippen LogP contribution in [0.4, 0.5) is 0 Å². The highest BCUT2D eigenvalue weighted by Crippen LogP contribution is 2.53. The van der Waals surface area contributed by atoms with Gasteiger partial charge in [0, 0.05) is 32.9 Å². The standard InChI is InChI=1S/C19H31N2O8PS/c1-4-14-16(8-11-24-14)29-30(31,26-12-9-20-2)27-13-17-15(7-10-25-17)28-19(23)6-5-18(22)21-3/h14-17H,4-13H2,1,3H3,(H,21,22)/t14-,15+,16+,17-,30?/m1/s1/i10T,11T/t10-,11-,14+,15-,16-,17+,30?/m0. The molecule has 2 aliphatic heterocycles. The largest absolute Gasteiger partial charge is 0.459 e. The molecule has 0 radical (unpaired) electrons. The van der Waals surface area contributed by atoms with Gasteiger partial charge in [0.1, 0.15) is 18.8 Å². The smallest absolute Gasteiger partial charge is 0.327 e. The first kappa shape index (κ1) is 23.1. The van der Waals surface area contributed by atoms with Gasteiger partial charge in [-0.1, -0.05) is 6.92 Å². The maximum absolute atomic E-state index is 12.1. The summed E-state index contributed by atoms with van der Waals surface area (Å²) in [6.07, 6.45) is -1.33. The summed E-state index contributed by atoms with van der Waals surface area (Å²) in [6, 6.07) is 0. The second-order valence-corrected chi connectivity index (χ2v) is 9.83. The third kappa shape index (κ3) is 8.73. The Morgan fingerprint density at radius 2 is 1.94 bits per heavy atom. The van der Waals surface area contributed by atoms with Crippen LogP contribution in [0.2, 0.25) is 0 Å². The van der Waals surface area contributed by atoms with Crippen LogP contribution in [0.15, 0.2) is 0 Å². The number of amides is 1. The van der Waals surface area contributed by atoms with Gasteiger partial charge >= 0.3 is 12.7 Å². The topological polar surface area (TPSA) is 106 Å². The molecule has 31 heavy (non-hydrogen) atoms. The average molecular weight is 483 g/mol. The molecule has 0 aromatic carbocycles. The number of rotatable bonds is 13. The molecular weight excluding hydrogens is 447 g/mol. The zero-order valence-electron chi connectivity index (χ0n) is 19.7. The quantitative estimate of drug-likeness (QED) is 0.183. The fourth-order valence-corrected chi connectivity index (χ4v) is 5.09. The fourth-order valence-electron chi connectivity index (χ4n) is 2.96. The highest BCUT2D eigenvalue weighted by molar-refractivity contribution is 8.07. The second kappa shape index (κ2) is 13.4. The molecule has 12 heteroatoms. The van der Waals surface area contributed by atoms with Crippen LogP contribution >= 0.6 is 6.72 Å². The van der Waals surface area contributed by atoms with Gasteiger partial charge in [-0.25, -0.2) is 6.57 Å². The minimum atomic E-state index is -3.35. The van der Waals surface area contributed by atoms with Crippen molar-refractivity contribution in [1.29, 1.82) is 0 Å². The molecule has 2 aliphatic rings. The molecule has 0 spiro atoms. The normalized spacial score (nSPS) is 33.1. The first-order chi connectivity index (χ1) is 15.7. The molecule has 0 aliphatic carbocycles. The molecule has 7 atom stereocenters. The van der Waals surface area contributed by atoms with Gasteiger partial charge in [-0.05, 0) is 18.2 Å². The van der Waals surface area contributed by atoms with Crippen molar-refractivity contribution >= 4 is 30.4 Å². The summed E-state index contributed by atoms with van der Waals surface area (Å²) >= 11 is 5.54. The number of nitrogens with one attached hydrogen (secondary N) is 1. The summed E-state index contributed by atoms with van der Waals surface area (Å²) in [5.41, 5.74) is 0. The Morgan fingerprint density at radius 1 is 1.23 bits per heavy atom. The van der Waals surface area contributed by atoms with Crippen LogP contribution in [-0.2, 0) is 49.2 Å². The Balaban J connectivity index is 1.98. The monoisotopic (exact) mass is 482 g/mol. The number of hydrogen-bond acceptors (Lipinski definition) is 9. The molecule has 1 amide bonds. The summed E-state index contributed by atoms with van der Waals surface area (Å²) in [6.45, 7) is 3.80. The summed E-state index contributed by atoms with van der Waals surface area (Å²) in [5.74, 6) is -0.857. The Kier molecular flexibility index (Phi) is 9.99. The van der Waals surface area contributed by atoms with Crippen molar-refractivity contribution < 1.29 is 40.1 Å². The van der Waals surface area contributed by atoms with Crippen molar-refractivity contribution in [2.75, 3.05) is 40.0 Å². The van der Waals surface area contributed by atoms with Crippen molar-refractivity contribution in [1.82, 2.24) is 5.32 Å². The number of hydrogen-bond donors (Lipinski definition) is 1. The van der Waals surface area contributed by atoms with Gasteiger partial charge in [-0.15, -0.1) is 0 Å². The van der Waals surface area contributed by atoms with E-state index in [1.54, 1.807) is 0 Å². The second-order valence-electron chi connectivity index (χ2n) is 6.87. The van der Waals surface area contributed by atoms with Gasteiger partial charge in [-0.3, -0.25) is 9.59 Å². The Labute approximate surface area is 191 Å². The molecule has 176 valence electrons. The summed E-state index contributed by atoms with van der Waals surface area (Å²) in [5, 5.41) is 2.43. The number of carbonyl (C=O) groups excluding carboxylic acids is 2.